The van der Waals surface area contributed by atoms with Gasteiger partial charge in [-0.25, -0.2) is 8.42 Å². The molecule has 1 atom stereocenters. The first-order valence-electron chi connectivity index (χ1n) is 6.19. The van der Waals surface area contributed by atoms with Crippen molar-refractivity contribution in [2.75, 3.05) is 24.4 Å². The molecule has 0 aliphatic carbocycles. The molecular formula is C13H20N2O3S2. The molecule has 0 spiro atoms. The first kappa shape index (κ1) is 16.7. The fraction of sp³-hybridized carbons (Fsp3) is 0.462. The molecule has 1 aromatic rings. The minimum Gasteiger partial charge on any atom is -0.497 e. The van der Waals surface area contributed by atoms with Crippen LogP contribution in [-0.4, -0.2) is 38.7 Å². The molecule has 7 heteroatoms. The normalized spacial score (nSPS) is 12.6. The van der Waals surface area contributed by atoms with Gasteiger partial charge in [-0.1, -0.05) is 0 Å². The van der Waals surface area contributed by atoms with Crippen LogP contribution in [-0.2, 0) is 9.84 Å². The largest absolute Gasteiger partial charge is 0.497 e. The van der Waals surface area contributed by atoms with Crippen molar-refractivity contribution in [2.24, 2.45) is 0 Å². The summed E-state index contributed by atoms with van der Waals surface area (Å²) < 4.78 is 27.2. The van der Waals surface area contributed by atoms with Gasteiger partial charge in [-0.05, 0) is 49.8 Å². The highest BCUT2D eigenvalue weighted by molar-refractivity contribution is 7.90. The fourth-order valence-corrected chi connectivity index (χ4v) is 2.63. The highest BCUT2D eigenvalue weighted by Gasteiger charge is 2.09. The van der Waals surface area contributed by atoms with Crippen LogP contribution in [0.5, 0.6) is 5.75 Å². The van der Waals surface area contributed by atoms with Gasteiger partial charge >= 0.3 is 0 Å². The summed E-state index contributed by atoms with van der Waals surface area (Å²) >= 11 is 5.18. The Morgan fingerprint density at radius 2 is 1.95 bits per heavy atom. The smallest absolute Gasteiger partial charge is 0.170 e. The van der Waals surface area contributed by atoms with Crippen LogP contribution in [0.15, 0.2) is 24.3 Å². The number of thiocarbonyl (C=S) groups is 1. The number of benzene rings is 1. The molecule has 2 N–H and O–H groups in total. The molecule has 0 aromatic heterocycles. The fourth-order valence-electron chi connectivity index (χ4n) is 1.53. The van der Waals surface area contributed by atoms with Crippen LogP contribution < -0.4 is 15.4 Å². The second kappa shape index (κ2) is 7.44. The summed E-state index contributed by atoms with van der Waals surface area (Å²) in [6, 6.07) is 7.36. The maximum Gasteiger partial charge on any atom is 0.170 e. The zero-order chi connectivity index (χ0) is 15.2. The van der Waals surface area contributed by atoms with E-state index in [1.807, 2.05) is 31.2 Å². The Morgan fingerprint density at radius 1 is 1.35 bits per heavy atom. The quantitative estimate of drug-likeness (QED) is 0.780. The van der Waals surface area contributed by atoms with E-state index in [-0.39, 0.29) is 11.8 Å². The molecule has 1 aromatic carbocycles. The number of anilines is 1. The summed E-state index contributed by atoms with van der Waals surface area (Å²) in [5.74, 6) is 0.919. The number of hydrogen-bond donors (Lipinski definition) is 2. The second-order valence-electron chi connectivity index (χ2n) is 4.65. The highest BCUT2D eigenvalue weighted by Crippen LogP contribution is 2.14. The zero-order valence-corrected chi connectivity index (χ0v) is 13.5. The van der Waals surface area contributed by atoms with E-state index in [0.29, 0.717) is 11.5 Å². The maximum absolute atomic E-state index is 11.1. The van der Waals surface area contributed by atoms with Crippen LogP contribution in [0.25, 0.3) is 0 Å². The Hall–Kier alpha value is -1.34. The van der Waals surface area contributed by atoms with Gasteiger partial charge in [-0.3, -0.25) is 0 Å². The van der Waals surface area contributed by atoms with Crippen molar-refractivity contribution in [1.29, 1.82) is 0 Å². The molecule has 0 saturated carbocycles. The van der Waals surface area contributed by atoms with Gasteiger partial charge in [0.1, 0.15) is 15.6 Å². The third-order valence-electron chi connectivity index (χ3n) is 2.65. The average molecular weight is 316 g/mol. The monoisotopic (exact) mass is 316 g/mol. The molecule has 5 nitrogen and oxygen atoms in total. The molecule has 1 rings (SSSR count). The summed E-state index contributed by atoms with van der Waals surface area (Å²) in [6.07, 6.45) is 1.75. The van der Waals surface area contributed by atoms with Gasteiger partial charge in [-0.15, -0.1) is 0 Å². The molecule has 0 amide bonds. The Bertz CT molecular complexity index is 541. The molecule has 112 valence electrons. The third kappa shape index (κ3) is 6.72. The number of nitrogens with one attached hydrogen (secondary N) is 2. The number of rotatable bonds is 6. The average Bonchev–Trinajstić information content (AvgIpc) is 2.36. The van der Waals surface area contributed by atoms with Crippen LogP contribution in [0.2, 0.25) is 0 Å². The minimum absolute atomic E-state index is 0.0111. The summed E-state index contributed by atoms with van der Waals surface area (Å²) in [5, 5.41) is 6.56. The van der Waals surface area contributed by atoms with Crippen LogP contribution in [0.1, 0.15) is 13.3 Å². The van der Waals surface area contributed by atoms with E-state index >= 15 is 0 Å². The molecule has 0 fully saturated rings. The van der Waals surface area contributed by atoms with Gasteiger partial charge in [0.25, 0.3) is 0 Å². The van der Waals surface area contributed by atoms with E-state index in [9.17, 15) is 8.42 Å². The molecule has 0 heterocycles. The Kier molecular flexibility index (Phi) is 6.22. The van der Waals surface area contributed by atoms with Crippen molar-refractivity contribution >= 4 is 32.9 Å². The summed E-state index contributed by atoms with van der Waals surface area (Å²) in [5.41, 5.74) is 0.846. The molecule has 0 aliphatic rings. The van der Waals surface area contributed by atoms with E-state index in [1.54, 1.807) is 7.11 Å². The lowest BCUT2D eigenvalue weighted by atomic mass is 10.2. The van der Waals surface area contributed by atoms with E-state index in [1.165, 1.54) is 6.26 Å². The molecule has 0 aliphatic heterocycles. The van der Waals surface area contributed by atoms with Gasteiger partial charge in [0.15, 0.2) is 5.11 Å². The lowest BCUT2D eigenvalue weighted by molar-refractivity contribution is 0.415. The van der Waals surface area contributed by atoms with Crippen LogP contribution in [0.3, 0.4) is 0 Å². The van der Waals surface area contributed by atoms with E-state index in [2.05, 4.69) is 10.6 Å². The highest BCUT2D eigenvalue weighted by atomic mass is 32.2. The summed E-state index contributed by atoms with van der Waals surface area (Å²) in [7, 11) is -1.33. The van der Waals surface area contributed by atoms with Gasteiger partial charge < -0.3 is 15.4 Å². The molecular weight excluding hydrogens is 296 g/mol. The predicted octanol–water partition coefficient (Wildman–Crippen LogP) is 1.80. The lowest BCUT2D eigenvalue weighted by Crippen LogP contribution is -2.36. The van der Waals surface area contributed by atoms with Gasteiger partial charge in [0, 0.05) is 18.0 Å². The van der Waals surface area contributed by atoms with Crippen molar-refractivity contribution in [3.63, 3.8) is 0 Å². The molecule has 0 bridgehead atoms. The van der Waals surface area contributed by atoms with Crippen molar-refractivity contribution in [2.45, 2.75) is 19.4 Å². The molecule has 0 unspecified atom stereocenters. The maximum atomic E-state index is 11.1. The van der Waals surface area contributed by atoms with Crippen molar-refractivity contribution in [1.82, 2.24) is 5.32 Å². The van der Waals surface area contributed by atoms with Crippen molar-refractivity contribution in [3.8, 4) is 5.75 Å². The minimum atomic E-state index is -2.94. The third-order valence-corrected chi connectivity index (χ3v) is 3.84. The zero-order valence-electron chi connectivity index (χ0n) is 11.8. The standard InChI is InChI=1S/C13H20N2O3S2/c1-10(8-9-20(3,16)17)14-13(19)15-11-4-6-12(18-2)7-5-11/h4-7,10H,8-9H2,1-3H3,(H2,14,15,19)/t10-/m0/s1. The van der Waals surface area contributed by atoms with Crippen LogP contribution >= 0.6 is 12.2 Å². The topological polar surface area (TPSA) is 67.4 Å². The number of hydrogen-bond acceptors (Lipinski definition) is 4. The molecule has 0 radical (unpaired) electrons. The molecule has 20 heavy (non-hydrogen) atoms. The lowest BCUT2D eigenvalue weighted by Gasteiger charge is -2.16. The predicted molar refractivity (Wildman–Crippen MR) is 86.1 cm³/mol. The summed E-state index contributed by atoms with van der Waals surface area (Å²) in [4.78, 5) is 0. The van der Waals surface area contributed by atoms with E-state index in [4.69, 9.17) is 17.0 Å². The van der Waals surface area contributed by atoms with E-state index in [0.717, 1.165) is 11.4 Å². The van der Waals surface area contributed by atoms with Gasteiger partial charge in [0.2, 0.25) is 0 Å². The number of methoxy groups -OCH3 is 1. The number of sulfone groups is 1. The SMILES string of the molecule is COc1ccc(NC(=S)N[C@@H](C)CCS(C)(=O)=O)cc1. The van der Waals surface area contributed by atoms with E-state index < -0.39 is 9.84 Å². The van der Waals surface area contributed by atoms with Gasteiger partial charge in [0.05, 0.1) is 12.9 Å². The Labute approximate surface area is 125 Å². The number of ether oxygens (including phenoxy) is 1. The van der Waals surface area contributed by atoms with Gasteiger partial charge in [-0.2, -0.15) is 0 Å². The second-order valence-corrected chi connectivity index (χ2v) is 7.31. The van der Waals surface area contributed by atoms with Crippen LogP contribution in [0, 0.1) is 0 Å². The summed E-state index contributed by atoms with van der Waals surface area (Å²) in [6.45, 7) is 1.90. The van der Waals surface area contributed by atoms with Crippen LogP contribution in [0.4, 0.5) is 5.69 Å². The molecule has 0 saturated heterocycles. The van der Waals surface area contributed by atoms with Crippen molar-refractivity contribution in [3.05, 3.63) is 24.3 Å². The first-order valence-corrected chi connectivity index (χ1v) is 8.66. The first-order chi connectivity index (χ1) is 9.30. The van der Waals surface area contributed by atoms with Crippen molar-refractivity contribution < 1.29 is 13.2 Å². The Morgan fingerprint density at radius 3 is 2.45 bits per heavy atom. The Balaban J connectivity index is 2.42.